The van der Waals surface area contributed by atoms with E-state index in [4.69, 9.17) is 4.74 Å². The van der Waals surface area contributed by atoms with Gasteiger partial charge in [-0.15, -0.1) is 0 Å². The van der Waals surface area contributed by atoms with E-state index in [1.165, 1.54) is 12.1 Å². The highest BCUT2D eigenvalue weighted by atomic mass is 32.2. The fraction of sp³-hybridized carbons (Fsp3) is 0.273. The molecule has 0 unspecified atom stereocenters. The van der Waals surface area contributed by atoms with Gasteiger partial charge in [0.25, 0.3) is 0 Å². The third-order valence-electron chi connectivity index (χ3n) is 5.31. The highest BCUT2D eigenvalue weighted by Crippen LogP contribution is 2.38. The second-order valence-electron chi connectivity index (χ2n) is 7.04. The van der Waals surface area contributed by atoms with E-state index in [0.29, 0.717) is 47.0 Å². The van der Waals surface area contributed by atoms with Gasteiger partial charge in [0.05, 0.1) is 17.2 Å². The monoisotopic (exact) mass is 411 g/mol. The van der Waals surface area contributed by atoms with Crippen molar-refractivity contribution in [3.63, 3.8) is 0 Å². The molecule has 148 valence electrons. The molecule has 1 aliphatic rings. The quantitative estimate of drug-likeness (QED) is 0.600. The lowest BCUT2D eigenvalue weighted by molar-refractivity contribution is 0.0674. The Bertz CT molecular complexity index is 1080. The van der Waals surface area contributed by atoms with Crippen molar-refractivity contribution in [2.45, 2.75) is 28.0 Å². The largest absolute Gasteiger partial charge is 0.381 e. The summed E-state index contributed by atoms with van der Waals surface area (Å²) in [4.78, 5) is 0.657. The van der Waals surface area contributed by atoms with Crippen molar-refractivity contribution in [2.75, 3.05) is 13.2 Å². The number of hydrogen-bond donors (Lipinski definition) is 0. The summed E-state index contributed by atoms with van der Waals surface area (Å²) in [5.74, 6) is -0.876. The Morgan fingerprint density at radius 3 is 2.34 bits per heavy atom. The molecule has 1 aromatic heterocycles. The molecule has 1 aliphatic heterocycles. The van der Waals surface area contributed by atoms with E-state index in [2.05, 4.69) is 11.2 Å². The average molecular weight is 411 g/mol. The Morgan fingerprint density at radius 2 is 1.76 bits per heavy atom. The molecule has 0 saturated carbocycles. The first-order chi connectivity index (χ1) is 14.0. The average Bonchev–Trinajstić information content (AvgIpc) is 3.17. The third-order valence-corrected chi connectivity index (χ3v) is 6.42. The molecular formula is C22H19F2N3OS. The first-order valence-corrected chi connectivity index (χ1v) is 10.1. The van der Waals surface area contributed by atoms with Gasteiger partial charge >= 0.3 is 0 Å². The number of ether oxygens (including phenoxy) is 1. The van der Waals surface area contributed by atoms with E-state index in [-0.39, 0.29) is 0 Å². The van der Waals surface area contributed by atoms with Crippen LogP contribution >= 0.6 is 11.8 Å². The van der Waals surface area contributed by atoms with Gasteiger partial charge in [0.1, 0.15) is 11.6 Å². The van der Waals surface area contributed by atoms with Crippen molar-refractivity contribution in [2.24, 2.45) is 7.05 Å². The van der Waals surface area contributed by atoms with Crippen LogP contribution in [0.4, 0.5) is 8.78 Å². The molecule has 1 fully saturated rings. The SMILES string of the molecule is Cn1nccc1-c1ccc(Sc2ccc(C3(C#N)CCOCC3)cc2F)c(F)c1. The van der Waals surface area contributed by atoms with Crippen LogP contribution in [-0.4, -0.2) is 23.0 Å². The van der Waals surface area contributed by atoms with Crippen LogP contribution in [0, 0.1) is 23.0 Å². The van der Waals surface area contributed by atoms with E-state index in [9.17, 15) is 14.0 Å². The van der Waals surface area contributed by atoms with Gasteiger partial charge in [-0.25, -0.2) is 8.78 Å². The maximum absolute atomic E-state index is 14.8. The number of hydrogen-bond acceptors (Lipinski definition) is 4. The van der Waals surface area contributed by atoms with Crippen molar-refractivity contribution in [1.29, 1.82) is 5.26 Å². The number of nitriles is 1. The molecule has 4 nitrogen and oxygen atoms in total. The van der Waals surface area contributed by atoms with Gasteiger partial charge in [0.2, 0.25) is 0 Å². The lowest BCUT2D eigenvalue weighted by Crippen LogP contribution is -2.32. The number of nitrogens with zero attached hydrogens (tertiary/aromatic N) is 3. The second kappa shape index (κ2) is 7.97. The summed E-state index contributed by atoms with van der Waals surface area (Å²) in [6, 6.07) is 13.8. The van der Waals surface area contributed by atoms with Crippen molar-refractivity contribution >= 4 is 11.8 Å². The Morgan fingerprint density at radius 1 is 1.07 bits per heavy atom. The van der Waals surface area contributed by atoms with Gasteiger partial charge < -0.3 is 4.74 Å². The molecule has 0 amide bonds. The maximum Gasteiger partial charge on any atom is 0.137 e. The number of aryl methyl sites for hydroxylation is 1. The van der Waals surface area contributed by atoms with Crippen LogP contribution in [0.2, 0.25) is 0 Å². The zero-order valence-corrected chi connectivity index (χ0v) is 16.7. The number of rotatable bonds is 4. The molecule has 2 aromatic carbocycles. The topological polar surface area (TPSA) is 50.8 Å². The number of benzene rings is 2. The predicted octanol–water partition coefficient (Wildman–Crippen LogP) is 5.09. The standard InChI is InChI=1S/C22H19F2N3OS/c1-27-19(6-9-26-27)15-2-4-20(17(23)12-15)29-21-5-3-16(13-18(21)24)22(14-25)7-10-28-11-8-22/h2-6,9,12-13H,7-8,10-11H2,1H3. The third kappa shape index (κ3) is 3.78. The van der Waals surface area contributed by atoms with E-state index in [0.717, 1.165) is 17.5 Å². The minimum absolute atomic E-state index is 0.320. The molecule has 1 saturated heterocycles. The van der Waals surface area contributed by atoms with E-state index >= 15 is 0 Å². The molecule has 29 heavy (non-hydrogen) atoms. The normalized spacial score (nSPS) is 15.8. The number of aromatic nitrogens is 2. The second-order valence-corrected chi connectivity index (χ2v) is 8.12. The van der Waals surface area contributed by atoms with Crippen LogP contribution in [0.15, 0.2) is 58.5 Å². The minimum Gasteiger partial charge on any atom is -0.381 e. The van der Waals surface area contributed by atoms with Crippen LogP contribution in [0.3, 0.4) is 0 Å². The zero-order valence-electron chi connectivity index (χ0n) is 15.9. The van der Waals surface area contributed by atoms with Crippen molar-refractivity contribution in [3.8, 4) is 17.3 Å². The van der Waals surface area contributed by atoms with Crippen LogP contribution in [0.1, 0.15) is 18.4 Å². The summed E-state index contributed by atoms with van der Waals surface area (Å²) in [5, 5.41) is 13.8. The van der Waals surface area contributed by atoms with Crippen molar-refractivity contribution in [3.05, 3.63) is 65.9 Å². The van der Waals surface area contributed by atoms with Crippen molar-refractivity contribution < 1.29 is 13.5 Å². The highest BCUT2D eigenvalue weighted by Gasteiger charge is 2.35. The fourth-order valence-electron chi connectivity index (χ4n) is 3.58. The Balaban J connectivity index is 1.59. The van der Waals surface area contributed by atoms with Crippen LogP contribution in [-0.2, 0) is 17.2 Å². The summed E-state index contributed by atoms with van der Waals surface area (Å²) < 4.78 is 36.4. The molecule has 0 bridgehead atoms. The molecule has 2 heterocycles. The summed E-state index contributed by atoms with van der Waals surface area (Å²) >= 11 is 1.03. The predicted molar refractivity (Wildman–Crippen MR) is 106 cm³/mol. The molecular weight excluding hydrogens is 392 g/mol. The van der Waals surface area contributed by atoms with Crippen LogP contribution < -0.4 is 0 Å². The Labute approximate surface area is 172 Å². The Kier molecular flexibility index (Phi) is 5.39. The first-order valence-electron chi connectivity index (χ1n) is 9.27. The van der Waals surface area contributed by atoms with Crippen LogP contribution in [0.25, 0.3) is 11.3 Å². The summed E-state index contributed by atoms with van der Waals surface area (Å²) in [6.45, 7) is 0.972. The fourth-order valence-corrected chi connectivity index (χ4v) is 4.41. The summed E-state index contributed by atoms with van der Waals surface area (Å²) in [5.41, 5.74) is 1.43. The number of halogens is 2. The molecule has 0 N–H and O–H groups in total. The summed E-state index contributed by atoms with van der Waals surface area (Å²) in [6.07, 6.45) is 2.73. The van der Waals surface area contributed by atoms with E-state index < -0.39 is 17.0 Å². The molecule has 3 aromatic rings. The zero-order chi connectivity index (χ0) is 20.4. The van der Waals surface area contributed by atoms with Gasteiger partial charge in [-0.05, 0) is 48.7 Å². The van der Waals surface area contributed by atoms with Gasteiger partial charge in [-0.2, -0.15) is 10.4 Å². The lowest BCUT2D eigenvalue weighted by atomic mass is 9.75. The molecule has 0 atom stereocenters. The van der Waals surface area contributed by atoms with E-state index in [1.54, 1.807) is 48.3 Å². The van der Waals surface area contributed by atoms with Gasteiger partial charge in [-0.3, -0.25) is 4.68 Å². The van der Waals surface area contributed by atoms with Gasteiger partial charge in [0, 0.05) is 41.8 Å². The molecule has 0 spiro atoms. The molecule has 7 heteroatoms. The Hall–Kier alpha value is -2.69. The maximum atomic E-state index is 14.8. The van der Waals surface area contributed by atoms with E-state index in [1.807, 2.05) is 0 Å². The first kappa shape index (κ1) is 19.6. The summed E-state index contributed by atoms with van der Waals surface area (Å²) in [7, 11) is 1.79. The minimum atomic E-state index is -0.724. The highest BCUT2D eigenvalue weighted by molar-refractivity contribution is 7.99. The molecule has 4 rings (SSSR count). The van der Waals surface area contributed by atoms with Gasteiger partial charge in [0.15, 0.2) is 0 Å². The van der Waals surface area contributed by atoms with Crippen LogP contribution in [0.5, 0.6) is 0 Å². The lowest BCUT2D eigenvalue weighted by Gasteiger charge is -2.31. The molecule has 0 aliphatic carbocycles. The van der Waals surface area contributed by atoms with Gasteiger partial charge in [-0.1, -0.05) is 23.9 Å². The van der Waals surface area contributed by atoms with Crippen molar-refractivity contribution in [1.82, 2.24) is 9.78 Å². The molecule has 0 radical (unpaired) electrons. The smallest absolute Gasteiger partial charge is 0.137 e.